The second-order valence-electron chi connectivity index (χ2n) is 6.27. The molecule has 1 fully saturated rings. The van der Waals surface area contributed by atoms with Gasteiger partial charge in [0.25, 0.3) is 0 Å². The van der Waals surface area contributed by atoms with E-state index in [1.807, 2.05) is 31.5 Å². The first-order valence-corrected chi connectivity index (χ1v) is 9.96. The van der Waals surface area contributed by atoms with Gasteiger partial charge in [0, 0.05) is 73.5 Å². The van der Waals surface area contributed by atoms with Crippen molar-refractivity contribution in [1.82, 2.24) is 25.1 Å². The van der Waals surface area contributed by atoms with Gasteiger partial charge in [0.05, 0.1) is 17.6 Å². The van der Waals surface area contributed by atoms with Gasteiger partial charge < -0.3 is 16.0 Å². The maximum absolute atomic E-state index is 8.00. The average molecular weight is 503 g/mol. The zero-order valence-electron chi connectivity index (χ0n) is 16.7. The van der Waals surface area contributed by atoms with Gasteiger partial charge in [-0.2, -0.15) is 5.10 Å². The summed E-state index contributed by atoms with van der Waals surface area (Å²) in [5.41, 5.74) is 9.70. The molecule has 11 heteroatoms. The largest absolute Gasteiger partial charge is 0.659 e. The minimum absolute atomic E-state index is 0. The molecule has 9 nitrogen and oxygen atoms in total. The second-order valence-corrected chi connectivity index (χ2v) is 7.59. The summed E-state index contributed by atoms with van der Waals surface area (Å²) in [6.07, 6.45) is 8.85. The number of nitrogens with two attached hydrogens (primary N) is 1. The van der Waals surface area contributed by atoms with Crippen LogP contribution in [0.15, 0.2) is 43.1 Å². The first-order valence-electron chi connectivity index (χ1n) is 9.14. The molecule has 30 heavy (non-hydrogen) atoms. The van der Waals surface area contributed by atoms with Crippen molar-refractivity contribution in [3.05, 3.63) is 64.0 Å². The third kappa shape index (κ3) is 6.93. The first kappa shape index (κ1) is 24.6. The van der Waals surface area contributed by atoms with Crippen LogP contribution in [-0.2, 0) is 44.2 Å². The van der Waals surface area contributed by atoms with Crippen LogP contribution in [0.2, 0.25) is 0 Å². The van der Waals surface area contributed by atoms with E-state index >= 15 is 0 Å². The van der Waals surface area contributed by atoms with Crippen LogP contribution in [0.5, 0.6) is 0 Å². The first-order chi connectivity index (χ1) is 14.2. The van der Waals surface area contributed by atoms with Crippen molar-refractivity contribution in [2.75, 3.05) is 26.2 Å². The van der Waals surface area contributed by atoms with Crippen LogP contribution in [0.25, 0.3) is 22.1 Å². The smallest absolute Gasteiger partial charge is 0.134 e. The molecule has 0 spiro atoms. The van der Waals surface area contributed by atoms with E-state index in [0.717, 1.165) is 58.6 Å². The fourth-order valence-corrected chi connectivity index (χ4v) is 3.54. The Morgan fingerprint density at radius 3 is 2.60 bits per heavy atom. The van der Waals surface area contributed by atoms with Crippen molar-refractivity contribution in [2.45, 2.75) is 13.5 Å². The van der Waals surface area contributed by atoms with Crippen molar-refractivity contribution in [2.24, 2.45) is 5.73 Å². The minimum Gasteiger partial charge on any atom is -0.659 e. The molecule has 4 N–H and O–H groups in total. The van der Waals surface area contributed by atoms with Crippen LogP contribution in [0.4, 0.5) is 0 Å². The number of rotatable bonds is 5. The topological polar surface area (TPSA) is 127 Å². The quantitative estimate of drug-likeness (QED) is 0.361. The number of aryl methyl sites for hydroxylation is 1. The molecule has 3 aromatic rings. The Kier molecular flexibility index (Phi) is 10.6. The van der Waals surface area contributed by atoms with Crippen LogP contribution >= 0.6 is 11.3 Å². The van der Waals surface area contributed by atoms with E-state index in [1.165, 1.54) is 11.3 Å². The van der Waals surface area contributed by atoms with Gasteiger partial charge in [0.1, 0.15) is 11.6 Å². The van der Waals surface area contributed by atoms with E-state index in [2.05, 4.69) is 35.3 Å². The Morgan fingerprint density at radius 1 is 1.27 bits per heavy atom. The standard InChI is InChI=1S/C14H17N6.C5H7NO2S.Y/c15-7-14(20-5-3-16-4-6-20)13-2-1-11(8-17-13)12-9-18-19-10-12;1-4-2-6-5(9-4)3-8-7;/h1-2,7-10H,3-6,15H2,(H,18,19);2,7H,3H2,1H3;/q-1;;/b14-7+;;. The molecular formula is C19H24N7O2SY-. The van der Waals surface area contributed by atoms with Crippen molar-refractivity contribution in [3.63, 3.8) is 0 Å². The maximum atomic E-state index is 8.00. The monoisotopic (exact) mass is 503 g/mol. The van der Waals surface area contributed by atoms with Crippen molar-refractivity contribution < 1.29 is 42.9 Å². The fraction of sp³-hybridized carbons (Fsp3) is 0.316. The molecular weight excluding hydrogens is 479 g/mol. The number of H-pyrrole nitrogens is 1. The van der Waals surface area contributed by atoms with E-state index in [0.29, 0.717) is 0 Å². The summed E-state index contributed by atoms with van der Waals surface area (Å²) in [5.74, 6) is 0. The van der Waals surface area contributed by atoms with E-state index < -0.39 is 0 Å². The number of nitrogens with one attached hydrogen (secondary N) is 1. The van der Waals surface area contributed by atoms with Gasteiger partial charge in [-0.15, -0.1) is 24.4 Å². The number of aromatic nitrogens is 4. The van der Waals surface area contributed by atoms with Gasteiger partial charge in [-0.05, 0) is 26.1 Å². The fourth-order valence-electron chi connectivity index (χ4n) is 2.85. The summed E-state index contributed by atoms with van der Waals surface area (Å²) in [4.78, 5) is 15.7. The Balaban J connectivity index is 0.000000272. The van der Waals surface area contributed by atoms with Crippen LogP contribution in [0.1, 0.15) is 15.6 Å². The number of piperazine rings is 1. The van der Waals surface area contributed by atoms with Gasteiger partial charge in [0.2, 0.25) is 0 Å². The number of pyridine rings is 1. The van der Waals surface area contributed by atoms with E-state index in [4.69, 9.17) is 11.0 Å². The molecule has 0 bridgehead atoms. The van der Waals surface area contributed by atoms with Crippen LogP contribution in [0.3, 0.4) is 0 Å². The molecule has 1 saturated heterocycles. The Labute approximate surface area is 204 Å². The van der Waals surface area contributed by atoms with Crippen LogP contribution < -0.4 is 5.73 Å². The molecule has 157 valence electrons. The summed E-state index contributed by atoms with van der Waals surface area (Å²) < 4.78 is 0. The summed E-state index contributed by atoms with van der Waals surface area (Å²) >= 11 is 1.52. The summed E-state index contributed by atoms with van der Waals surface area (Å²) in [5, 5.41) is 19.9. The molecule has 0 atom stereocenters. The van der Waals surface area contributed by atoms with Gasteiger partial charge in [-0.3, -0.25) is 15.3 Å². The van der Waals surface area contributed by atoms with Crippen LogP contribution in [0, 0.1) is 6.92 Å². The van der Waals surface area contributed by atoms with Gasteiger partial charge in [-0.25, -0.2) is 9.87 Å². The molecule has 4 rings (SSSR count). The van der Waals surface area contributed by atoms with Gasteiger partial charge in [0.15, 0.2) is 0 Å². The number of hydrogen-bond donors (Lipinski definition) is 3. The maximum Gasteiger partial charge on any atom is 0.134 e. The third-order valence-corrected chi connectivity index (χ3v) is 5.16. The second kappa shape index (κ2) is 12.9. The summed E-state index contributed by atoms with van der Waals surface area (Å²) in [6.45, 7) is 5.65. The minimum atomic E-state index is 0. The molecule has 3 aromatic heterocycles. The van der Waals surface area contributed by atoms with Crippen molar-refractivity contribution in [1.29, 1.82) is 0 Å². The molecule has 0 amide bonds. The van der Waals surface area contributed by atoms with Crippen LogP contribution in [-0.4, -0.2) is 56.5 Å². The predicted molar refractivity (Wildman–Crippen MR) is 113 cm³/mol. The zero-order valence-corrected chi connectivity index (χ0v) is 20.4. The Bertz CT molecular complexity index is 894. The molecule has 0 saturated carbocycles. The van der Waals surface area contributed by atoms with Gasteiger partial charge in [-0.1, -0.05) is 6.07 Å². The molecule has 1 aliphatic heterocycles. The Hall–Kier alpha value is -1.69. The van der Waals surface area contributed by atoms with Crippen molar-refractivity contribution in [3.8, 4) is 11.1 Å². The number of aromatic amines is 1. The Morgan fingerprint density at radius 2 is 2.07 bits per heavy atom. The van der Waals surface area contributed by atoms with E-state index in [1.54, 1.807) is 18.6 Å². The SMILES string of the molecule is Cc1cnc(COO)s1.N/C=C(\c1ccc(-c2cn[nH]c2)cn1)N1CC[N-]CC1.[Y]. The third-order valence-electron chi connectivity index (χ3n) is 4.27. The molecule has 4 heterocycles. The molecule has 1 radical (unpaired) electrons. The zero-order chi connectivity index (χ0) is 20.5. The van der Waals surface area contributed by atoms with E-state index in [9.17, 15) is 0 Å². The average Bonchev–Trinajstić information content (AvgIpc) is 3.43. The van der Waals surface area contributed by atoms with Gasteiger partial charge >= 0.3 is 0 Å². The molecule has 0 aromatic carbocycles. The van der Waals surface area contributed by atoms with E-state index in [-0.39, 0.29) is 39.3 Å². The number of hydrogen-bond acceptors (Lipinski definition) is 8. The predicted octanol–water partition coefficient (Wildman–Crippen LogP) is 2.86. The number of nitrogens with zero attached hydrogens (tertiary/aromatic N) is 5. The molecule has 0 unspecified atom stereocenters. The number of thiazole rings is 1. The molecule has 1 aliphatic rings. The molecule has 0 aliphatic carbocycles. The normalized spacial score (nSPS) is 13.9. The van der Waals surface area contributed by atoms with Crippen molar-refractivity contribution >= 4 is 17.0 Å². The summed E-state index contributed by atoms with van der Waals surface area (Å²) in [6, 6.07) is 4.03. The summed E-state index contributed by atoms with van der Waals surface area (Å²) in [7, 11) is 0.